The monoisotopic (exact) mass is 404 g/mol. The molecule has 2 amide bonds. The number of amides is 2. The Balaban J connectivity index is 1.64. The Morgan fingerprint density at radius 3 is 2.34 bits per heavy atom. The molecule has 3 heterocycles. The Kier molecular flexibility index (Phi) is 6.62. The lowest BCUT2D eigenvalue weighted by Gasteiger charge is -2.43. The van der Waals surface area contributed by atoms with Crippen LogP contribution in [0.3, 0.4) is 0 Å². The molecule has 0 aliphatic carbocycles. The number of nitrogens with one attached hydrogen (secondary N) is 1. The highest BCUT2D eigenvalue weighted by molar-refractivity contribution is 6.02. The van der Waals surface area contributed by atoms with Crippen LogP contribution in [0.25, 0.3) is 0 Å². The third-order valence-electron chi connectivity index (χ3n) is 6.04. The first kappa shape index (κ1) is 21.4. The number of likely N-dealkylation sites (tertiary alicyclic amines) is 1. The van der Waals surface area contributed by atoms with E-state index in [0.717, 1.165) is 43.7 Å². The molecular weight excluding hydrogens is 372 g/mol. The second-order valence-corrected chi connectivity index (χ2v) is 7.95. The summed E-state index contributed by atoms with van der Waals surface area (Å²) in [6.45, 7) is 11.7. The number of H-pyrrole nitrogens is 1. The van der Waals surface area contributed by atoms with E-state index in [1.165, 1.54) is 6.92 Å². The number of hydrogen-bond acceptors (Lipinski definition) is 5. The van der Waals surface area contributed by atoms with Crippen LogP contribution < -0.4 is 0 Å². The molecule has 2 fully saturated rings. The largest absolute Gasteiger partial charge is 0.450 e. The van der Waals surface area contributed by atoms with Gasteiger partial charge in [0.15, 0.2) is 5.78 Å². The zero-order valence-electron chi connectivity index (χ0n) is 17.9. The number of aromatic nitrogens is 1. The van der Waals surface area contributed by atoms with E-state index < -0.39 is 0 Å². The third kappa shape index (κ3) is 4.47. The van der Waals surface area contributed by atoms with Gasteiger partial charge in [0.1, 0.15) is 0 Å². The number of aryl methyl sites for hydroxylation is 1. The lowest BCUT2D eigenvalue weighted by molar-refractivity contribution is 0.0377. The Morgan fingerprint density at radius 2 is 1.76 bits per heavy atom. The number of ether oxygens (including phenoxy) is 1. The number of ketones is 1. The zero-order valence-corrected chi connectivity index (χ0v) is 17.9. The Labute approximate surface area is 172 Å². The number of carbonyl (C=O) groups is 3. The maximum atomic E-state index is 13.2. The Morgan fingerprint density at radius 1 is 1.07 bits per heavy atom. The Hall–Kier alpha value is -2.35. The van der Waals surface area contributed by atoms with Crippen LogP contribution >= 0.6 is 0 Å². The minimum Gasteiger partial charge on any atom is -0.450 e. The molecule has 0 saturated carbocycles. The second kappa shape index (κ2) is 8.98. The van der Waals surface area contributed by atoms with Gasteiger partial charge in [-0.2, -0.15) is 0 Å². The summed E-state index contributed by atoms with van der Waals surface area (Å²) in [6.07, 6.45) is 1.76. The van der Waals surface area contributed by atoms with Crippen molar-refractivity contribution >= 4 is 17.8 Å². The van der Waals surface area contributed by atoms with Crippen molar-refractivity contribution in [1.29, 1.82) is 0 Å². The van der Waals surface area contributed by atoms with E-state index >= 15 is 0 Å². The third-order valence-corrected chi connectivity index (χ3v) is 6.04. The predicted molar refractivity (Wildman–Crippen MR) is 109 cm³/mol. The number of carbonyl (C=O) groups excluding carboxylic acids is 3. The molecular formula is C21H32N4O4. The smallest absolute Gasteiger partial charge is 0.409 e. The van der Waals surface area contributed by atoms with Crippen molar-refractivity contribution in [3.05, 3.63) is 22.5 Å². The molecule has 160 valence electrons. The van der Waals surface area contributed by atoms with E-state index in [2.05, 4.69) is 9.88 Å². The first-order valence-electron chi connectivity index (χ1n) is 10.5. The summed E-state index contributed by atoms with van der Waals surface area (Å²) < 4.78 is 5.09. The van der Waals surface area contributed by atoms with E-state index in [1.807, 2.05) is 25.7 Å². The molecule has 8 heteroatoms. The number of aromatic amines is 1. The van der Waals surface area contributed by atoms with E-state index in [9.17, 15) is 14.4 Å². The molecule has 2 saturated heterocycles. The van der Waals surface area contributed by atoms with Gasteiger partial charge in [-0.15, -0.1) is 0 Å². The summed E-state index contributed by atoms with van der Waals surface area (Å²) >= 11 is 0. The maximum absolute atomic E-state index is 13.2. The average molecular weight is 405 g/mol. The highest BCUT2D eigenvalue weighted by Gasteiger charge is 2.33. The topological polar surface area (TPSA) is 85.9 Å². The van der Waals surface area contributed by atoms with Crippen molar-refractivity contribution in [2.24, 2.45) is 0 Å². The fourth-order valence-electron chi connectivity index (χ4n) is 4.50. The SMILES string of the molecule is CCOC(=O)N1CCN([C@H]2CCCN(C(=O)c3c(C)[nH]c(C(C)=O)c3C)C2)CC1. The lowest BCUT2D eigenvalue weighted by atomic mass is 10.0. The molecule has 0 aromatic carbocycles. The summed E-state index contributed by atoms with van der Waals surface area (Å²) in [5.74, 6) is -0.0562. The lowest BCUT2D eigenvalue weighted by Crippen LogP contribution is -2.56. The summed E-state index contributed by atoms with van der Waals surface area (Å²) in [5, 5.41) is 0. The van der Waals surface area contributed by atoms with E-state index in [1.54, 1.807) is 4.90 Å². The molecule has 0 unspecified atom stereocenters. The molecule has 0 bridgehead atoms. The molecule has 1 aromatic heterocycles. The fraction of sp³-hybridized carbons (Fsp3) is 0.667. The van der Waals surface area contributed by atoms with Crippen molar-refractivity contribution in [2.45, 2.75) is 46.6 Å². The van der Waals surface area contributed by atoms with Gasteiger partial charge < -0.3 is 19.5 Å². The van der Waals surface area contributed by atoms with Crippen LogP contribution in [-0.2, 0) is 4.74 Å². The summed E-state index contributed by atoms with van der Waals surface area (Å²) in [7, 11) is 0. The van der Waals surface area contributed by atoms with Crippen molar-refractivity contribution in [2.75, 3.05) is 45.9 Å². The van der Waals surface area contributed by atoms with Gasteiger partial charge in [-0.25, -0.2) is 4.79 Å². The van der Waals surface area contributed by atoms with Crippen molar-refractivity contribution in [3.8, 4) is 0 Å². The van der Waals surface area contributed by atoms with Crippen molar-refractivity contribution < 1.29 is 19.1 Å². The van der Waals surface area contributed by atoms with Crippen LogP contribution in [0.5, 0.6) is 0 Å². The number of hydrogen-bond donors (Lipinski definition) is 1. The van der Waals surface area contributed by atoms with Gasteiger partial charge in [0.2, 0.25) is 0 Å². The van der Waals surface area contributed by atoms with Crippen molar-refractivity contribution in [1.82, 2.24) is 19.7 Å². The summed E-state index contributed by atoms with van der Waals surface area (Å²) in [4.78, 5) is 46.1. The van der Waals surface area contributed by atoms with Crippen LogP contribution in [0.1, 0.15) is 58.8 Å². The molecule has 2 aliphatic heterocycles. The normalized spacial score (nSPS) is 20.6. The number of piperazine rings is 1. The van der Waals surface area contributed by atoms with E-state index in [4.69, 9.17) is 4.74 Å². The van der Waals surface area contributed by atoms with Gasteiger partial charge in [0.05, 0.1) is 17.9 Å². The van der Waals surface area contributed by atoms with Gasteiger partial charge in [-0.05, 0) is 39.2 Å². The van der Waals surface area contributed by atoms with Gasteiger partial charge in [-0.3, -0.25) is 14.5 Å². The van der Waals surface area contributed by atoms with Gasteiger partial charge in [0.25, 0.3) is 5.91 Å². The summed E-state index contributed by atoms with van der Waals surface area (Å²) in [6, 6.07) is 0.295. The second-order valence-electron chi connectivity index (χ2n) is 7.95. The van der Waals surface area contributed by atoms with Gasteiger partial charge in [-0.1, -0.05) is 0 Å². The molecule has 0 spiro atoms. The molecule has 2 aliphatic rings. The number of Topliss-reactive ketones (excluding diaryl/α,β-unsaturated/α-hetero) is 1. The van der Waals surface area contributed by atoms with Crippen LogP contribution in [-0.4, -0.2) is 89.4 Å². The van der Waals surface area contributed by atoms with Crippen LogP contribution in [0.4, 0.5) is 4.79 Å². The van der Waals surface area contributed by atoms with Crippen LogP contribution in [0.2, 0.25) is 0 Å². The highest BCUT2D eigenvalue weighted by Crippen LogP contribution is 2.24. The van der Waals surface area contributed by atoms with Crippen LogP contribution in [0.15, 0.2) is 0 Å². The number of piperidine rings is 1. The molecule has 1 N–H and O–H groups in total. The first-order valence-corrected chi connectivity index (χ1v) is 10.5. The quantitative estimate of drug-likeness (QED) is 0.778. The zero-order chi connectivity index (χ0) is 21.1. The Bertz CT molecular complexity index is 780. The van der Waals surface area contributed by atoms with Crippen LogP contribution in [0, 0.1) is 13.8 Å². The fourth-order valence-corrected chi connectivity index (χ4v) is 4.50. The van der Waals surface area contributed by atoms with Crippen molar-refractivity contribution in [3.63, 3.8) is 0 Å². The van der Waals surface area contributed by atoms with Gasteiger partial charge >= 0.3 is 6.09 Å². The minimum atomic E-state index is -0.243. The number of rotatable bonds is 4. The molecule has 0 radical (unpaired) electrons. The van der Waals surface area contributed by atoms with E-state index in [0.29, 0.717) is 43.5 Å². The number of nitrogens with zero attached hydrogens (tertiary/aromatic N) is 3. The molecule has 1 atom stereocenters. The van der Waals surface area contributed by atoms with Gasteiger partial charge in [0, 0.05) is 57.9 Å². The molecule has 29 heavy (non-hydrogen) atoms. The average Bonchev–Trinajstić information content (AvgIpc) is 3.02. The predicted octanol–water partition coefficient (Wildman–Crippen LogP) is 2.21. The summed E-state index contributed by atoms with van der Waals surface area (Å²) in [5.41, 5.74) is 2.64. The standard InChI is InChI=1S/C21H32N4O4/c1-5-29-21(28)24-11-9-23(10-12-24)17-7-6-8-25(13-17)20(27)18-14(2)19(16(4)26)22-15(18)3/h17,22H,5-13H2,1-4H3/t17-/m0/s1. The first-order chi connectivity index (χ1) is 13.8. The highest BCUT2D eigenvalue weighted by atomic mass is 16.6. The van der Waals surface area contributed by atoms with E-state index in [-0.39, 0.29) is 17.8 Å². The minimum absolute atomic E-state index is 0.00129. The maximum Gasteiger partial charge on any atom is 0.409 e. The molecule has 8 nitrogen and oxygen atoms in total. The molecule has 1 aromatic rings. The molecule has 3 rings (SSSR count).